The molecule has 4 heteroatoms. The van der Waals surface area contributed by atoms with Crippen molar-refractivity contribution in [3.05, 3.63) is 0 Å². The fourth-order valence-corrected chi connectivity index (χ4v) is 1.82. The summed E-state index contributed by atoms with van der Waals surface area (Å²) >= 11 is 0. The number of likely N-dealkylation sites (N-methyl/N-ethyl adjacent to an activating group) is 1. The molecule has 0 aliphatic carbocycles. The first kappa shape index (κ1) is 12.5. The molecule has 0 aromatic heterocycles. The third-order valence-corrected chi connectivity index (χ3v) is 3.10. The maximum Gasteiger partial charge on any atom is 0.222 e. The Kier molecular flexibility index (Phi) is 5.05. The number of hydrogen-bond donors (Lipinski definition) is 1. The van der Waals surface area contributed by atoms with Gasteiger partial charge in [-0.3, -0.25) is 4.79 Å². The average molecular weight is 213 g/mol. The molecule has 0 radical (unpaired) electrons. The number of piperazine rings is 1. The van der Waals surface area contributed by atoms with Crippen LogP contribution in [0, 0.1) is 5.92 Å². The molecule has 1 fully saturated rings. The van der Waals surface area contributed by atoms with Crippen molar-refractivity contribution < 1.29 is 4.79 Å². The van der Waals surface area contributed by atoms with Crippen molar-refractivity contribution in [1.82, 2.24) is 9.80 Å². The Bertz CT molecular complexity index is 200. The molecule has 1 rings (SSSR count). The maximum absolute atomic E-state index is 11.8. The van der Waals surface area contributed by atoms with Gasteiger partial charge in [0.05, 0.1) is 0 Å². The number of hydrogen-bond acceptors (Lipinski definition) is 3. The number of carbonyl (C=O) groups is 1. The lowest BCUT2D eigenvalue weighted by atomic mass is 10.1. The van der Waals surface area contributed by atoms with E-state index in [4.69, 9.17) is 5.73 Å². The van der Waals surface area contributed by atoms with E-state index in [1.807, 2.05) is 11.8 Å². The predicted molar refractivity (Wildman–Crippen MR) is 61.5 cm³/mol. The van der Waals surface area contributed by atoms with Gasteiger partial charge in [-0.2, -0.15) is 0 Å². The van der Waals surface area contributed by atoms with Crippen molar-refractivity contribution in [3.63, 3.8) is 0 Å². The van der Waals surface area contributed by atoms with Crippen molar-refractivity contribution in [2.45, 2.75) is 20.3 Å². The standard InChI is InChI=1S/C11H23N3O/c1-3-13-4-6-14(7-5-13)11(15)8-10(2)9-12/h10H,3-9,12H2,1-2H3. The van der Waals surface area contributed by atoms with Crippen molar-refractivity contribution in [1.29, 1.82) is 0 Å². The summed E-state index contributed by atoms with van der Waals surface area (Å²) in [6.45, 7) is 9.66. The summed E-state index contributed by atoms with van der Waals surface area (Å²) in [5.41, 5.74) is 5.51. The van der Waals surface area contributed by atoms with E-state index in [2.05, 4.69) is 11.8 Å². The minimum absolute atomic E-state index is 0.267. The van der Waals surface area contributed by atoms with Gasteiger partial charge < -0.3 is 15.5 Å². The molecule has 1 aliphatic rings. The van der Waals surface area contributed by atoms with Gasteiger partial charge in [-0.15, -0.1) is 0 Å². The van der Waals surface area contributed by atoms with E-state index >= 15 is 0 Å². The number of carbonyl (C=O) groups excluding carboxylic acids is 1. The van der Waals surface area contributed by atoms with Crippen molar-refractivity contribution in [2.75, 3.05) is 39.3 Å². The smallest absolute Gasteiger partial charge is 0.222 e. The van der Waals surface area contributed by atoms with Crippen LogP contribution in [0.4, 0.5) is 0 Å². The van der Waals surface area contributed by atoms with Crippen LogP contribution in [0.15, 0.2) is 0 Å². The van der Waals surface area contributed by atoms with Crippen LogP contribution in [0.5, 0.6) is 0 Å². The van der Waals surface area contributed by atoms with Crippen LogP contribution < -0.4 is 5.73 Å². The molecule has 2 N–H and O–H groups in total. The maximum atomic E-state index is 11.8. The van der Waals surface area contributed by atoms with Gasteiger partial charge in [0.1, 0.15) is 0 Å². The third-order valence-electron chi connectivity index (χ3n) is 3.10. The van der Waals surface area contributed by atoms with E-state index in [1.54, 1.807) is 0 Å². The van der Waals surface area contributed by atoms with Crippen LogP contribution in [-0.4, -0.2) is 55.0 Å². The molecule has 15 heavy (non-hydrogen) atoms. The lowest BCUT2D eigenvalue weighted by molar-refractivity contribution is -0.133. The van der Waals surface area contributed by atoms with Crippen LogP contribution in [-0.2, 0) is 4.79 Å². The van der Waals surface area contributed by atoms with Gasteiger partial charge in [-0.05, 0) is 19.0 Å². The first-order chi connectivity index (χ1) is 7.17. The normalized spacial score (nSPS) is 20.3. The molecule has 1 aliphatic heterocycles. The van der Waals surface area contributed by atoms with Gasteiger partial charge in [-0.1, -0.05) is 13.8 Å². The van der Waals surface area contributed by atoms with Gasteiger partial charge in [0.2, 0.25) is 5.91 Å². The van der Waals surface area contributed by atoms with Crippen molar-refractivity contribution >= 4 is 5.91 Å². The minimum Gasteiger partial charge on any atom is -0.340 e. The second-order valence-corrected chi connectivity index (χ2v) is 4.36. The molecule has 1 heterocycles. The summed E-state index contributed by atoms with van der Waals surface area (Å²) in [5.74, 6) is 0.574. The summed E-state index contributed by atoms with van der Waals surface area (Å²) < 4.78 is 0. The number of nitrogens with zero attached hydrogens (tertiary/aromatic N) is 2. The van der Waals surface area contributed by atoms with E-state index in [0.717, 1.165) is 32.7 Å². The van der Waals surface area contributed by atoms with Gasteiger partial charge in [0.15, 0.2) is 0 Å². The Labute approximate surface area is 92.4 Å². The minimum atomic E-state index is 0.267. The van der Waals surface area contributed by atoms with E-state index in [-0.39, 0.29) is 5.91 Å². The first-order valence-electron chi connectivity index (χ1n) is 5.87. The van der Waals surface area contributed by atoms with Gasteiger partial charge in [0, 0.05) is 32.6 Å². The highest BCUT2D eigenvalue weighted by Gasteiger charge is 2.20. The molecular weight excluding hydrogens is 190 g/mol. The Morgan fingerprint density at radius 2 is 1.93 bits per heavy atom. The second-order valence-electron chi connectivity index (χ2n) is 4.36. The van der Waals surface area contributed by atoms with Crippen molar-refractivity contribution in [3.8, 4) is 0 Å². The molecule has 1 unspecified atom stereocenters. The van der Waals surface area contributed by atoms with Crippen LogP contribution in [0.1, 0.15) is 20.3 Å². The zero-order chi connectivity index (χ0) is 11.3. The Hall–Kier alpha value is -0.610. The molecule has 0 aromatic carbocycles. The van der Waals surface area contributed by atoms with E-state index in [9.17, 15) is 4.79 Å². The van der Waals surface area contributed by atoms with Crippen LogP contribution in [0.25, 0.3) is 0 Å². The molecule has 1 atom stereocenters. The topological polar surface area (TPSA) is 49.6 Å². The summed E-state index contributed by atoms with van der Waals surface area (Å²) in [4.78, 5) is 16.2. The third kappa shape index (κ3) is 3.80. The van der Waals surface area contributed by atoms with Crippen molar-refractivity contribution in [2.24, 2.45) is 11.7 Å². The highest BCUT2D eigenvalue weighted by Crippen LogP contribution is 2.07. The largest absolute Gasteiger partial charge is 0.340 e. The zero-order valence-electron chi connectivity index (χ0n) is 9.91. The van der Waals surface area contributed by atoms with Crippen LogP contribution in [0.2, 0.25) is 0 Å². The van der Waals surface area contributed by atoms with E-state index in [1.165, 1.54) is 0 Å². The monoisotopic (exact) mass is 213 g/mol. The SMILES string of the molecule is CCN1CCN(C(=O)CC(C)CN)CC1. The van der Waals surface area contributed by atoms with Gasteiger partial charge >= 0.3 is 0 Å². The molecule has 1 saturated heterocycles. The van der Waals surface area contributed by atoms with E-state index in [0.29, 0.717) is 18.9 Å². The van der Waals surface area contributed by atoms with Gasteiger partial charge in [-0.25, -0.2) is 0 Å². The first-order valence-corrected chi connectivity index (χ1v) is 5.87. The fraction of sp³-hybridized carbons (Fsp3) is 0.909. The van der Waals surface area contributed by atoms with Gasteiger partial charge in [0.25, 0.3) is 0 Å². The molecule has 1 amide bonds. The number of nitrogens with two attached hydrogens (primary N) is 1. The Morgan fingerprint density at radius 3 is 2.40 bits per heavy atom. The Morgan fingerprint density at radius 1 is 1.33 bits per heavy atom. The number of rotatable bonds is 4. The summed E-state index contributed by atoms with van der Waals surface area (Å²) in [6.07, 6.45) is 0.600. The highest BCUT2D eigenvalue weighted by molar-refractivity contribution is 5.76. The zero-order valence-corrected chi connectivity index (χ0v) is 9.91. The molecule has 0 spiro atoms. The lowest BCUT2D eigenvalue weighted by Crippen LogP contribution is -2.48. The summed E-state index contributed by atoms with van der Waals surface area (Å²) in [7, 11) is 0. The van der Waals surface area contributed by atoms with E-state index < -0.39 is 0 Å². The molecule has 88 valence electrons. The van der Waals surface area contributed by atoms with Crippen LogP contribution >= 0.6 is 0 Å². The molecular formula is C11H23N3O. The Balaban J connectivity index is 2.30. The highest BCUT2D eigenvalue weighted by atomic mass is 16.2. The fourth-order valence-electron chi connectivity index (χ4n) is 1.82. The summed E-state index contributed by atoms with van der Waals surface area (Å²) in [6, 6.07) is 0. The average Bonchev–Trinajstić information content (AvgIpc) is 2.29. The molecule has 0 aromatic rings. The van der Waals surface area contributed by atoms with Crippen LogP contribution in [0.3, 0.4) is 0 Å². The second kappa shape index (κ2) is 6.08. The molecule has 0 bridgehead atoms. The molecule has 0 saturated carbocycles. The summed E-state index contributed by atoms with van der Waals surface area (Å²) in [5, 5.41) is 0. The predicted octanol–water partition coefficient (Wildman–Crippen LogP) is 0.135. The number of amides is 1. The quantitative estimate of drug-likeness (QED) is 0.722. The molecule has 4 nitrogen and oxygen atoms in total. The lowest BCUT2D eigenvalue weighted by Gasteiger charge is -2.34.